The summed E-state index contributed by atoms with van der Waals surface area (Å²) in [7, 11) is 0. The molecule has 1 atom stereocenters. The number of furan rings is 1. The van der Waals surface area contributed by atoms with Crippen molar-refractivity contribution in [2.75, 3.05) is 6.54 Å². The number of hydrogen-bond acceptors (Lipinski definition) is 7. The highest BCUT2D eigenvalue weighted by molar-refractivity contribution is 5.49. The molecule has 0 aliphatic carbocycles. The van der Waals surface area contributed by atoms with Crippen molar-refractivity contribution in [1.29, 1.82) is 0 Å². The van der Waals surface area contributed by atoms with Crippen molar-refractivity contribution >= 4 is 0 Å². The van der Waals surface area contributed by atoms with E-state index in [2.05, 4.69) is 25.2 Å². The first-order chi connectivity index (χ1) is 11.3. The van der Waals surface area contributed by atoms with Crippen molar-refractivity contribution in [3.05, 3.63) is 36.4 Å². The van der Waals surface area contributed by atoms with E-state index in [-0.39, 0.29) is 0 Å². The van der Waals surface area contributed by atoms with Crippen molar-refractivity contribution in [3.63, 3.8) is 0 Å². The maximum absolute atomic E-state index is 5.76. The summed E-state index contributed by atoms with van der Waals surface area (Å²) >= 11 is 0. The van der Waals surface area contributed by atoms with Gasteiger partial charge in [-0.2, -0.15) is 5.10 Å². The van der Waals surface area contributed by atoms with Gasteiger partial charge in [0.2, 0.25) is 5.89 Å². The average Bonchev–Trinajstić information content (AvgIpc) is 3.30. The Balaban J connectivity index is 1.45. The standard InChI is InChI=1S/C15H18N6O2/c1-11-4-6-22-14(11)15-19-18-13(23-15)8-20-5-2-3-12(20)7-21-10-16-9-17-21/h4,6,9-10,12H,2-3,5,7-8H2,1H3/t12-/m1/s1. The van der Waals surface area contributed by atoms with Gasteiger partial charge < -0.3 is 8.83 Å². The third-order valence-electron chi connectivity index (χ3n) is 4.22. The van der Waals surface area contributed by atoms with Crippen LogP contribution in [0.4, 0.5) is 0 Å². The molecule has 0 spiro atoms. The fourth-order valence-electron chi connectivity index (χ4n) is 3.03. The summed E-state index contributed by atoms with van der Waals surface area (Å²) in [5, 5.41) is 12.4. The summed E-state index contributed by atoms with van der Waals surface area (Å²) in [5.41, 5.74) is 0.991. The van der Waals surface area contributed by atoms with Gasteiger partial charge in [0, 0.05) is 11.6 Å². The number of nitrogens with zero attached hydrogens (tertiary/aromatic N) is 6. The first kappa shape index (κ1) is 14.1. The summed E-state index contributed by atoms with van der Waals surface area (Å²) in [6, 6.07) is 2.30. The molecule has 4 rings (SSSR count). The summed E-state index contributed by atoms with van der Waals surface area (Å²) in [5.74, 6) is 1.69. The van der Waals surface area contributed by atoms with Crippen LogP contribution in [0.1, 0.15) is 24.3 Å². The predicted molar refractivity (Wildman–Crippen MR) is 80.2 cm³/mol. The van der Waals surface area contributed by atoms with Crippen LogP contribution < -0.4 is 0 Å². The highest BCUT2D eigenvalue weighted by atomic mass is 16.4. The molecule has 3 aromatic heterocycles. The predicted octanol–water partition coefficient (Wildman–Crippen LogP) is 1.89. The van der Waals surface area contributed by atoms with Crippen LogP contribution in [0.3, 0.4) is 0 Å². The van der Waals surface area contributed by atoms with E-state index in [1.54, 1.807) is 18.9 Å². The number of likely N-dealkylation sites (tertiary alicyclic amines) is 1. The highest BCUT2D eigenvalue weighted by Gasteiger charge is 2.27. The molecule has 23 heavy (non-hydrogen) atoms. The second-order valence-corrected chi connectivity index (χ2v) is 5.82. The van der Waals surface area contributed by atoms with E-state index >= 15 is 0 Å². The third-order valence-corrected chi connectivity index (χ3v) is 4.22. The van der Waals surface area contributed by atoms with Gasteiger partial charge in [-0.15, -0.1) is 10.2 Å². The van der Waals surface area contributed by atoms with Gasteiger partial charge in [-0.3, -0.25) is 9.58 Å². The molecule has 1 saturated heterocycles. The van der Waals surface area contributed by atoms with Gasteiger partial charge in [-0.1, -0.05) is 0 Å². The van der Waals surface area contributed by atoms with E-state index in [4.69, 9.17) is 8.83 Å². The molecule has 120 valence electrons. The van der Waals surface area contributed by atoms with Crippen LogP contribution in [0.5, 0.6) is 0 Å². The molecule has 0 aromatic carbocycles. The Morgan fingerprint density at radius 3 is 3.09 bits per heavy atom. The lowest BCUT2D eigenvalue weighted by molar-refractivity contribution is 0.200. The Kier molecular flexibility index (Phi) is 3.66. The van der Waals surface area contributed by atoms with Crippen molar-refractivity contribution in [2.24, 2.45) is 0 Å². The third kappa shape index (κ3) is 2.89. The zero-order valence-electron chi connectivity index (χ0n) is 12.9. The smallest absolute Gasteiger partial charge is 0.283 e. The molecule has 1 fully saturated rings. The fourth-order valence-corrected chi connectivity index (χ4v) is 3.03. The maximum atomic E-state index is 5.76. The molecule has 0 radical (unpaired) electrons. The molecule has 0 amide bonds. The molecule has 1 aliphatic rings. The van der Waals surface area contributed by atoms with Gasteiger partial charge in [0.15, 0.2) is 5.76 Å². The lowest BCUT2D eigenvalue weighted by Crippen LogP contribution is -2.32. The molecule has 0 N–H and O–H groups in total. The van der Waals surface area contributed by atoms with Gasteiger partial charge in [0.25, 0.3) is 5.89 Å². The Hall–Kier alpha value is -2.48. The summed E-state index contributed by atoms with van der Waals surface area (Å²) in [4.78, 5) is 6.35. The monoisotopic (exact) mass is 314 g/mol. The van der Waals surface area contributed by atoms with Crippen LogP contribution in [0.25, 0.3) is 11.7 Å². The van der Waals surface area contributed by atoms with Crippen LogP contribution >= 0.6 is 0 Å². The topological polar surface area (TPSA) is 86.0 Å². The van der Waals surface area contributed by atoms with Crippen molar-refractivity contribution in [2.45, 2.75) is 38.9 Å². The minimum Gasteiger partial charge on any atom is -0.459 e. The molecule has 8 heteroatoms. The van der Waals surface area contributed by atoms with E-state index in [1.807, 2.05) is 17.7 Å². The largest absolute Gasteiger partial charge is 0.459 e. The normalized spacial score (nSPS) is 18.7. The molecule has 1 aliphatic heterocycles. The van der Waals surface area contributed by atoms with Gasteiger partial charge in [-0.25, -0.2) is 4.98 Å². The van der Waals surface area contributed by atoms with E-state index in [0.717, 1.165) is 31.5 Å². The second-order valence-electron chi connectivity index (χ2n) is 5.82. The zero-order valence-corrected chi connectivity index (χ0v) is 12.9. The van der Waals surface area contributed by atoms with Crippen LogP contribution in [-0.2, 0) is 13.1 Å². The molecular formula is C15H18N6O2. The molecule has 8 nitrogen and oxygen atoms in total. The van der Waals surface area contributed by atoms with Crippen LogP contribution in [-0.4, -0.2) is 42.4 Å². The van der Waals surface area contributed by atoms with Crippen LogP contribution in [0, 0.1) is 6.92 Å². The fraction of sp³-hybridized carbons (Fsp3) is 0.467. The van der Waals surface area contributed by atoms with E-state index in [0.29, 0.717) is 30.1 Å². The van der Waals surface area contributed by atoms with Gasteiger partial charge in [0.05, 0.1) is 19.4 Å². The number of aryl methyl sites for hydroxylation is 1. The quantitative estimate of drug-likeness (QED) is 0.710. The average molecular weight is 314 g/mol. The maximum Gasteiger partial charge on any atom is 0.283 e. The van der Waals surface area contributed by atoms with Crippen molar-refractivity contribution in [3.8, 4) is 11.7 Å². The first-order valence-electron chi connectivity index (χ1n) is 7.73. The second kappa shape index (κ2) is 5.96. The Labute approximate surface area is 133 Å². The number of hydrogen-bond donors (Lipinski definition) is 0. The van der Waals surface area contributed by atoms with Gasteiger partial charge >= 0.3 is 0 Å². The highest BCUT2D eigenvalue weighted by Crippen LogP contribution is 2.25. The minimum absolute atomic E-state index is 0.414. The zero-order chi connectivity index (χ0) is 15.6. The van der Waals surface area contributed by atoms with E-state index in [9.17, 15) is 0 Å². The SMILES string of the molecule is Cc1ccoc1-c1nnc(CN2CCC[C@@H]2Cn2cncn2)o1. The summed E-state index contributed by atoms with van der Waals surface area (Å²) in [6.07, 6.45) is 7.25. The lowest BCUT2D eigenvalue weighted by Gasteiger charge is -2.22. The summed E-state index contributed by atoms with van der Waals surface area (Å²) < 4.78 is 13.0. The van der Waals surface area contributed by atoms with Gasteiger partial charge in [0.1, 0.15) is 12.7 Å². The Bertz CT molecular complexity index is 763. The molecule has 0 bridgehead atoms. The van der Waals surface area contributed by atoms with Crippen molar-refractivity contribution < 1.29 is 8.83 Å². The van der Waals surface area contributed by atoms with Crippen LogP contribution in [0.15, 0.2) is 33.8 Å². The summed E-state index contributed by atoms with van der Waals surface area (Å²) in [6.45, 7) is 4.46. The molecule has 0 unspecified atom stereocenters. The van der Waals surface area contributed by atoms with Gasteiger partial charge in [-0.05, 0) is 32.4 Å². The van der Waals surface area contributed by atoms with Crippen molar-refractivity contribution in [1.82, 2.24) is 29.9 Å². The molecule has 0 saturated carbocycles. The molecular weight excluding hydrogens is 296 g/mol. The molecule has 3 aromatic rings. The Morgan fingerprint density at radius 2 is 2.30 bits per heavy atom. The first-order valence-corrected chi connectivity index (χ1v) is 7.73. The number of rotatable bonds is 5. The molecule has 4 heterocycles. The van der Waals surface area contributed by atoms with E-state index < -0.39 is 0 Å². The Morgan fingerprint density at radius 1 is 1.35 bits per heavy atom. The minimum atomic E-state index is 0.414. The number of aromatic nitrogens is 5. The van der Waals surface area contributed by atoms with E-state index in [1.165, 1.54) is 0 Å². The van der Waals surface area contributed by atoms with Crippen LogP contribution in [0.2, 0.25) is 0 Å². The lowest BCUT2D eigenvalue weighted by atomic mass is 10.2.